The maximum absolute atomic E-state index is 12.2. The van der Waals surface area contributed by atoms with Crippen molar-refractivity contribution in [1.29, 1.82) is 0 Å². The predicted molar refractivity (Wildman–Crippen MR) is 84.9 cm³/mol. The molecule has 0 aliphatic heterocycles. The minimum absolute atomic E-state index is 0.120. The highest BCUT2D eigenvalue weighted by Crippen LogP contribution is 2.29. The van der Waals surface area contributed by atoms with Crippen molar-refractivity contribution in [1.82, 2.24) is 0 Å². The van der Waals surface area contributed by atoms with Crippen molar-refractivity contribution in [2.24, 2.45) is 5.73 Å². The summed E-state index contributed by atoms with van der Waals surface area (Å²) < 4.78 is 4.97. The van der Waals surface area contributed by atoms with Crippen LogP contribution >= 0.6 is 12.2 Å². The number of phenols is 1. The highest BCUT2D eigenvalue weighted by Gasteiger charge is 2.15. The van der Waals surface area contributed by atoms with Crippen LogP contribution in [0.15, 0.2) is 42.5 Å². The van der Waals surface area contributed by atoms with Gasteiger partial charge in [-0.1, -0.05) is 30.4 Å². The molecule has 2 rings (SSSR count). The number of hydrogen-bond acceptors (Lipinski definition) is 4. The van der Waals surface area contributed by atoms with Gasteiger partial charge in [0, 0.05) is 11.3 Å². The zero-order chi connectivity index (χ0) is 15.4. The van der Waals surface area contributed by atoms with Gasteiger partial charge >= 0.3 is 0 Å². The summed E-state index contributed by atoms with van der Waals surface area (Å²) in [5, 5.41) is 12.6. The first-order valence-corrected chi connectivity index (χ1v) is 6.51. The van der Waals surface area contributed by atoms with Crippen LogP contribution < -0.4 is 15.8 Å². The number of aromatic hydroxyl groups is 1. The van der Waals surface area contributed by atoms with Gasteiger partial charge in [-0.05, 0) is 24.3 Å². The van der Waals surface area contributed by atoms with Gasteiger partial charge in [0.1, 0.15) is 4.99 Å². The van der Waals surface area contributed by atoms with Gasteiger partial charge in [0.25, 0.3) is 5.91 Å². The Hall–Kier alpha value is -2.60. The maximum Gasteiger partial charge on any atom is 0.259 e. The van der Waals surface area contributed by atoms with Gasteiger partial charge in [0.2, 0.25) is 0 Å². The number of benzene rings is 2. The van der Waals surface area contributed by atoms with Gasteiger partial charge in [0.15, 0.2) is 11.5 Å². The number of thiocarbonyl (C=S) groups is 1. The van der Waals surface area contributed by atoms with Crippen molar-refractivity contribution in [3.8, 4) is 11.5 Å². The first-order valence-electron chi connectivity index (χ1n) is 6.10. The normalized spacial score (nSPS) is 9.95. The number of nitrogens with two attached hydrogens (primary N) is 1. The summed E-state index contributed by atoms with van der Waals surface area (Å²) in [6, 6.07) is 11.5. The second-order valence-corrected chi connectivity index (χ2v) is 4.70. The molecule has 2 aromatic rings. The Balaban J connectivity index is 2.26. The fourth-order valence-corrected chi connectivity index (χ4v) is 1.95. The lowest BCUT2D eigenvalue weighted by molar-refractivity contribution is 0.102. The van der Waals surface area contributed by atoms with Gasteiger partial charge < -0.3 is 20.9 Å². The lowest BCUT2D eigenvalue weighted by atomic mass is 10.1. The third-order valence-corrected chi connectivity index (χ3v) is 3.10. The van der Waals surface area contributed by atoms with E-state index in [1.807, 2.05) is 0 Å². The Kier molecular flexibility index (Phi) is 4.39. The quantitative estimate of drug-likeness (QED) is 0.755. The molecule has 21 heavy (non-hydrogen) atoms. The first-order chi connectivity index (χ1) is 10.0. The van der Waals surface area contributed by atoms with E-state index >= 15 is 0 Å². The fourth-order valence-electron chi connectivity index (χ4n) is 1.82. The van der Waals surface area contributed by atoms with Crippen LogP contribution in [0.1, 0.15) is 15.9 Å². The van der Waals surface area contributed by atoms with E-state index in [0.29, 0.717) is 11.3 Å². The molecular weight excluding hydrogens is 288 g/mol. The maximum atomic E-state index is 12.2. The van der Waals surface area contributed by atoms with E-state index in [2.05, 4.69) is 5.32 Å². The zero-order valence-electron chi connectivity index (χ0n) is 11.3. The molecule has 0 bridgehead atoms. The monoisotopic (exact) mass is 302 g/mol. The van der Waals surface area contributed by atoms with Crippen molar-refractivity contribution >= 4 is 28.8 Å². The second kappa shape index (κ2) is 6.23. The van der Waals surface area contributed by atoms with Crippen LogP contribution in [-0.4, -0.2) is 23.1 Å². The number of nitrogens with one attached hydrogen (secondary N) is 1. The largest absolute Gasteiger partial charge is 0.504 e. The van der Waals surface area contributed by atoms with Crippen LogP contribution in [-0.2, 0) is 0 Å². The van der Waals surface area contributed by atoms with Gasteiger partial charge in [0.05, 0.1) is 12.7 Å². The van der Waals surface area contributed by atoms with E-state index in [4.69, 9.17) is 22.7 Å². The van der Waals surface area contributed by atoms with Crippen LogP contribution in [0.25, 0.3) is 0 Å². The molecule has 0 saturated carbocycles. The van der Waals surface area contributed by atoms with E-state index in [0.717, 1.165) is 0 Å². The highest BCUT2D eigenvalue weighted by atomic mass is 32.1. The summed E-state index contributed by atoms with van der Waals surface area (Å²) in [6.45, 7) is 0. The average Bonchev–Trinajstić information content (AvgIpc) is 2.47. The fraction of sp³-hybridized carbons (Fsp3) is 0.0667. The van der Waals surface area contributed by atoms with Crippen molar-refractivity contribution in [3.05, 3.63) is 53.6 Å². The number of para-hydroxylation sites is 1. The molecule has 0 unspecified atom stereocenters. The van der Waals surface area contributed by atoms with Crippen molar-refractivity contribution in [2.45, 2.75) is 0 Å². The number of amides is 1. The first kappa shape index (κ1) is 14.8. The predicted octanol–water partition coefficient (Wildman–Crippen LogP) is 2.29. The summed E-state index contributed by atoms with van der Waals surface area (Å²) in [6.07, 6.45) is 0. The van der Waals surface area contributed by atoms with E-state index in [-0.39, 0.29) is 22.1 Å². The van der Waals surface area contributed by atoms with Gasteiger partial charge in [-0.2, -0.15) is 0 Å². The van der Waals surface area contributed by atoms with Crippen LogP contribution in [0, 0.1) is 0 Å². The smallest absolute Gasteiger partial charge is 0.259 e. The summed E-state index contributed by atoms with van der Waals surface area (Å²) in [4.78, 5) is 12.4. The zero-order valence-corrected chi connectivity index (χ0v) is 12.1. The van der Waals surface area contributed by atoms with Crippen molar-refractivity contribution < 1.29 is 14.6 Å². The van der Waals surface area contributed by atoms with Gasteiger partial charge in [-0.25, -0.2) is 0 Å². The molecule has 6 heteroatoms. The van der Waals surface area contributed by atoms with Crippen molar-refractivity contribution in [3.63, 3.8) is 0 Å². The number of carbonyl (C=O) groups excluding carboxylic acids is 1. The Labute approximate surface area is 127 Å². The standard InChI is InChI=1S/C15H14N2O3S/c1-20-12-7-3-6-11(13(12)18)15(19)17-10-5-2-4-9(8-10)14(16)21/h2-8,18H,1H3,(H2,16,21)(H,17,19). The Morgan fingerprint density at radius 1 is 1.29 bits per heavy atom. The number of hydrogen-bond donors (Lipinski definition) is 3. The topological polar surface area (TPSA) is 84.6 Å². The minimum atomic E-state index is -0.452. The molecule has 4 N–H and O–H groups in total. The lowest BCUT2D eigenvalue weighted by Gasteiger charge is -2.10. The number of carbonyl (C=O) groups is 1. The van der Waals surface area contributed by atoms with Crippen LogP contribution in [0.5, 0.6) is 11.5 Å². The lowest BCUT2D eigenvalue weighted by Crippen LogP contribution is -2.14. The molecule has 1 amide bonds. The third-order valence-electron chi connectivity index (χ3n) is 2.87. The molecule has 5 nitrogen and oxygen atoms in total. The third kappa shape index (κ3) is 3.29. The van der Waals surface area contributed by atoms with Gasteiger partial charge in [-0.15, -0.1) is 0 Å². The number of rotatable bonds is 4. The number of methoxy groups -OCH3 is 1. The van der Waals surface area contributed by atoms with E-state index < -0.39 is 5.91 Å². The number of phenolic OH excluding ortho intramolecular Hbond substituents is 1. The summed E-state index contributed by atoms with van der Waals surface area (Å²) in [7, 11) is 1.42. The molecule has 0 saturated heterocycles. The van der Waals surface area contributed by atoms with Crippen LogP contribution in [0.2, 0.25) is 0 Å². The molecule has 2 aromatic carbocycles. The summed E-state index contributed by atoms with van der Waals surface area (Å²) in [5.41, 5.74) is 6.85. The Bertz CT molecular complexity index is 701. The molecule has 0 aromatic heterocycles. The summed E-state index contributed by atoms with van der Waals surface area (Å²) >= 11 is 4.89. The van der Waals surface area contributed by atoms with Crippen LogP contribution in [0.3, 0.4) is 0 Å². The van der Waals surface area contributed by atoms with Crippen LogP contribution in [0.4, 0.5) is 5.69 Å². The average molecular weight is 302 g/mol. The molecule has 0 spiro atoms. The SMILES string of the molecule is COc1cccc(C(=O)Nc2cccc(C(N)=S)c2)c1O. The molecule has 0 fully saturated rings. The van der Waals surface area contributed by atoms with E-state index in [1.165, 1.54) is 13.2 Å². The number of ether oxygens (including phenoxy) is 1. The summed E-state index contributed by atoms with van der Waals surface area (Å²) in [5.74, 6) is -0.422. The molecule has 0 atom stereocenters. The van der Waals surface area contributed by atoms with E-state index in [1.54, 1.807) is 36.4 Å². The molecule has 0 heterocycles. The molecule has 0 aliphatic rings. The Morgan fingerprint density at radius 2 is 2.00 bits per heavy atom. The van der Waals surface area contributed by atoms with Crippen molar-refractivity contribution in [2.75, 3.05) is 12.4 Å². The highest BCUT2D eigenvalue weighted by molar-refractivity contribution is 7.80. The molecule has 0 aliphatic carbocycles. The molecule has 108 valence electrons. The van der Waals surface area contributed by atoms with E-state index in [9.17, 15) is 9.90 Å². The second-order valence-electron chi connectivity index (χ2n) is 4.26. The van der Waals surface area contributed by atoms with Gasteiger partial charge in [-0.3, -0.25) is 4.79 Å². The molecule has 0 radical (unpaired) electrons. The number of anilines is 1. The Morgan fingerprint density at radius 3 is 2.67 bits per heavy atom. The minimum Gasteiger partial charge on any atom is -0.504 e. The molecular formula is C15H14N2O3S.